The quantitative estimate of drug-likeness (QED) is 0.660. The second-order valence-corrected chi connectivity index (χ2v) is 3.76. The van der Waals surface area contributed by atoms with Gasteiger partial charge in [-0.1, -0.05) is 12.1 Å². The van der Waals surface area contributed by atoms with Gasteiger partial charge < -0.3 is 20.3 Å². The Balaban J connectivity index is 2.31. The van der Waals surface area contributed by atoms with Gasteiger partial charge in [0.1, 0.15) is 5.75 Å². The van der Waals surface area contributed by atoms with E-state index in [0.29, 0.717) is 5.75 Å². The Bertz CT molecular complexity index is 432. The molecule has 1 amide bonds. The SMILES string of the molecule is Cc1cccc(OCC(=O)NCC(O)C(=O)O)c1. The minimum atomic E-state index is -1.60. The topological polar surface area (TPSA) is 95.9 Å². The Kier molecular flexibility index (Phi) is 5.13. The number of aryl methyl sites for hydroxylation is 1. The van der Waals surface area contributed by atoms with Crippen LogP contribution in [0.3, 0.4) is 0 Å². The van der Waals surface area contributed by atoms with Gasteiger partial charge in [-0.05, 0) is 24.6 Å². The van der Waals surface area contributed by atoms with E-state index in [0.717, 1.165) is 5.56 Å². The molecule has 0 aliphatic rings. The van der Waals surface area contributed by atoms with Crippen LogP contribution in [-0.2, 0) is 9.59 Å². The van der Waals surface area contributed by atoms with Gasteiger partial charge >= 0.3 is 5.97 Å². The molecular weight excluding hydrogens is 238 g/mol. The van der Waals surface area contributed by atoms with E-state index in [9.17, 15) is 9.59 Å². The number of rotatable bonds is 6. The second kappa shape index (κ2) is 6.61. The Hall–Kier alpha value is -2.08. The average Bonchev–Trinajstić information content (AvgIpc) is 2.33. The summed E-state index contributed by atoms with van der Waals surface area (Å²) < 4.78 is 5.20. The molecule has 6 nitrogen and oxygen atoms in total. The lowest BCUT2D eigenvalue weighted by atomic mass is 10.2. The molecule has 0 spiro atoms. The predicted octanol–water partition coefficient (Wildman–Crippen LogP) is -0.0645. The molecule has 3 N–H and O–H groups in total. The van der Waals surface area contributed by atoms with Gasteiger partial charge in [0.25, 0.3) is 5.91 Å². The number of amides is 1. The molecule has 0 aromatic heterocycles. The summed E-state index contributed by atoms with van der Waals surface area (Å²) in [4.78, 5) is 21.6. The number of aliphatic hydroxyl groups excluding tert-OH is 1. The van der Waals surface area contributed by atoms with Gasteiger partial charge in [-0.2, -0.15) is 0 Å². The number of carboxylic acid groups (broad SMARTS) is 1. The molecule has 0 fully saturated rings. The largest absolute Gasteiger partial charge is 0.484 e. The molecule has 0 heterocycles. The van der Waals surface area contributed by atoms with Crippen LogP contribution in [0.1, 0.15) is 5.56 Å². The first kappa shape index (κ1) is 14.0. The van der Waals surface area contributed by atoms with Crippen LogP contribution in [0.2, 0.25) is 0 Å². The summed E-state index contributed by atoms with van der Waals surface area (Å²) in [6.07, 6.45) is -1.60. The van der Waals surface area contributed by atoms with Crippen molar-refractivity contribution in [2.45, 2.75) is 13.0 Å². The highest BCUT2D eigenvalue weighted by Crippen LogP contribution is 2.11. The molecule has 18 heavy (non-hydrogen) atoms. The van der Waals surface area contributed by atoms with Crippen LogP contribution in [0.4, 0.5) is 0 Å². The van der Waals surface area contributed by atoms with E-state index in [4.69, 9.17) is 14.9 Å². The number of nitrogens with one attached hydrogen (secondary N) is 1. The van der Waals surface area contributed by atoms with Crippen LogP contribution in [0.15, 0.2) is 24.3 Å². The fraction of sp³-hybridized carbons (Fsp3) is 0.333. The molecule has 0 saturated heterocycles. The van der Waals surface area contributed by atoms with Crippen LogP contribution in [0.5, 0.6) is 5.75 Å². The fourth-order valence-electron chi connectivity index (χ4n) is 1.20. The van der Waals surface area contributed by atoms with Gasteiger partial charge in [0, 0.05) is 0 Å². The zero-order chi connectivity index (χ0) is 13.5. The number of benzene rings is 1. The highest BCUT2D eigenvalue weighted by molar-refractivity contribution is 5.79. The molecule has 1 aromatic rings. The van der Waals surface area contributed by atoms with Crippen molar-refractivity contribution in [1.82, 2.24) is 5.32 Å². The van der Waals surface area contributed by atoms with Crippen LogP contribution in [-0.4, -0.2) is 41.3 Å². The third-order valence-electron chi connectivity index (χ3n) is 2.14. The minimum Gasteiger partial charge on any atom is -0.484 e. The third kappa shape index (κ3) is 4.84. The minimum absolute atomic E-state index is 0.226. The molecule has 1 unspecified atom stereocenters. The maximum absolute atomic E-state index is 11.3. The third-order valence-corrected chi connectivity index (χ3v) is 2.14. The lowest BCUT2D eigenvalue weighted by Crippen LogP contribution is -2.38. The van der Waals surface area contributed by atoms with E-state index in [1.165, 1.54) is 0 Å². The highest BCUT2D eigenvalue weighted by Gasteiger charge is 2.14. The maximum Gasteiger partial charge on any atom is 0.334 e. The van der Waals surface area contributed by atoms with Crippen molar-refractivity contribution in [3.8, 4) is 5.75 Å². The lowest BCUT2D eigenvalue weighted by molar-refractivity contribution is -0.146. The Labute approximate surface area is 104 Å². The van der Waals surface area contributed by atoms with Crippen LogP contribution in [0.25, 0.3) is 0 Å². The number of hydrogen-bond acceptors (Lipinski definition) is 4. The van der Waals surface area contributed by atoms with Crippen molar-refractivity contribution in [3.63, 3.8) is 0 Å². The molecule has 1 rings (SSSR count). The Morgan fingerprint density at radius 3 is 2.78 bits per heavy atom. The molecule has 98 valence electrons. The summed E-state index contributed by atoms with van der Waals surface area (Å²) in [5.41, 5.74) is 1.01. The van der Waals surface area contributed by atoms with Gasteiger partial charge in [-0.25, -0.2) is 4.79 Å². The molecule has 6 heteroatoms. The number of aliphatic hydroxyl groups is 1. The average molecular weight is 253 g/mol. The molecule has 0 saturated carbocycles. The highest BCUT2D eigenvalue weighted by atomic mass is 16.5. The number of ether oxygens (including phenoxy) is 1. The summed E-state index contributed by atoms with van der Waals surface area (Å²) in [6.45, 7) is 1.33. The number of carbonyl (C=O) groups excluding carboxylic acids is 1. The van der Waals surface area contributed by atoms with Gasteiger partial charge in [-0.3, -0.25) is 4.79 Å². The van der Waals surface area contributed by atoms with E-state index in [-0.39, 0.29) is 13.2 Å². The zero-order valence-corrected chi connectivity index (χ0v) is 9.92. The normalized spacial score (nSPS) is 11.7. The van der Waals surface area contributed by atoms with Crippen molar-refractivity contribution in [2.24, 2.45) is 0 Å². The second-order valence-electron chi connectivity index (χ2n) is 3.76. The van der Waals surface area contributed by atoms with Gasteiger partial charge in [0.2, 0.25) is 0 Å². The van der Waals surface area contributed by atoms with Crippen molar-refractivity contribution < 1.29 is 24.5 Å². The van der Waals surface area contributed by atoms with Gasteiger partial charge in [0.15, 0.2) is 12.7 Å². The molecule has 0 radical (unpaired) electrons. The smallest absolute Gasteiger partial charge is 0.334 e. The van der Waals surface area contributed by atoms with E-state index in [1.807, 2.05) is 13.0 Å². The van der Waals surface area contributed by atoms with Gasteiger partial charge in [0.05, 0.1) is 6.54 Å². The standard InChI is InChI=1S/C12H15NO5/c1-8-3-2-4-9(5-8)18-7-11(15)13-6-10(14)12(16)17/h2-5,10,14H,6-7H2,1H3,(H,13,15)(H,16,17). The molecule has 0 aliphatic heterocycles. The number of hydrogen-bond donors (Lipinski definition) is 3. The molecule has 1 atom stereocenters. The van der Waals surface area contributed by atoms with Crippen molar-refractivity contribution >= 4 is 11.9 Å². The first-order valence-electron chi connectivity index (χ1n) is 5.36. The van der Waals surface area contributed by atoms with E-state index in [1.54, 1.807) is 18.2 Å². The summed E-state index contributed by atoms with van der Waals surface area (Å²) in [7, 11) is 0. The van der Waals surface area contributed by atoms with Crippen LogP contribution in [0, 0.1) is 6.92 Å². The Morgan fingerprint density at radius 2 is 2.17 bits per heavy atom. The number of carboxylic acids is 1. The first-order valence-corrected chi connectivity index (χ1v) is 5.36. The van der Waals surface area contributed by atoms with E-state index < -0.39 is 18.0 Å². The predicted molar refractivity (Wildman–Crippen MR) is 63.3 cm³/mol. The summed E-state index contributed by atoms with van der Waals surface area (Å²) in [6, 6.07) is 7.19. The van der Waals surface area contributed by atoms with Crippen LogP contribution >= 0.6 is 0 Å². The first-order chi connectivity index (χ1) is 8.49. The van der Waals surface area contributed by atoms with E-state index in [2.05, 4.69) is 5.32 Å². The number of carbonyl (C=O) groups is 2. The molecular formula is C12H15NO5. The maximum atomic E-state index is 11.3. The molecule has 0 bridgehead atoms. The number of aliphatic carboxylic acids is 1. The fourth-order valence-corrected chi connectivity index (χ4v) is 1.20. The zero-order valence-electron chi connectivity index (χ0n) is 9.92. The summed E-state index contributed by atoms with van der Waals surface area (Å²) >= 11 is 0. The van der Waals surface area contributed by atoms with Crippen LogP contribution < -0.4 is 10.1 Å². The van der Waals surface area contributed by atoms with Crippen molar-refractivity contribution in [3.05, 3.63) is 29.8 Å². The van der Waals surface area contributed by atoms with Gasteiger partial charge in [-0.15, -0.1) is 0 Å². The Morgan fingerprint density at radius 1 is 1.44 bits per heavy atom. The summed E-state index contributed by atoms with van der Waals surface area (Å²) in [5.74, 6) is -1.31. The van der Waals surface area contributed by atoms with E-state index >= 15 is 0 Å². The summed E-state index contributed by atoms with van der Waals surface area (Å²) in [5, 5.41) is 19.6. The molecule has 1 aromatic carbocycles. The van der Waals surface area contributed by atoms with Crippen molar-refractivity contribution in [1.29, 1.82) is 0 Å². The lowest BCUT2D eigenvalue weighted by Gasteiger charge is -2.09. The van der Waals surface area contributed by atoms with Crippen molar-refractivity contribution in [2.75, 3.05) is 13.2 Å². The monoisotopic (exact) mass is 253 g/mol. The molecule has 0 aliphatic carbocycles.